The Morgan fingerprint density at radius 2 is 0.708 bits per heavy atom. The minimum Gasteiger partial charge on any atom is -0.310 e. The van der Waals surface area contributed by atoms with Crippen molar-refractivity contribution >= 4 is 38.6 Å². The van der Waals surface area contributed by atoms with Crippen molar-refractivity contribution in [2.24, 2.45) is 0 Å². The molecule has 1 nitrogen and oxygen atoms in total. The van der Waals surface area contributed by atoms with Crippen LogP contribution < -0.4 is 4.90 Å². The molecule has 11 aromatic carbocycles. The van der Waals surface area contributed by atoms with E-state index in [1.807, 2.05) is 0 Å². The van der Waals surface area contributed by atoms with Gasteiger partial charge in [-0.15, -0.1) is 0 Å². The Labute approximate surface area is 379 Å². The summed E-state index contributed by atoms with van der Waals surface area (Å²) in [6.07, 6.45) is 0. The van der Waals surface area contributed by atoms with E-state index in [9.17, 15) is 0 Å². The van der Waals surface area contributed by atoms with Crippen molar-refractivity contribution in [3.8, 4) is 33.4 Å². The van der Waals surface area contributed by atoms with E-state index in [2.05, 4.69) is 254 Å². The average molecular weight is 824 g/mol. The van der Waals surface area contributed by atoms with Crippen LogP contribution in [0.3, 0.4) is 0 Å². The lowest BCUT2D eigenvalue weighted by Gasteiger charge is -2.34. The lowest BCUT2D eigenvalue weighted by molar-refractivity contribution is 0.768. The molecule has 3 aliphatic rings. The fraction of sp³-hybridized carbons (Fsp3) is 0.0312. The summed E-state index contributed by atoms with van der Waals surface area (Å²) >= 11 is 0. The second-order valence-corrected chi connectivity index (χ2v) is 17.9. The Bertz CT molecular complexity index is 3650. The highest BCUT2D eigenvalue weighted by molar-refractivity contribution is 6.10. The summed E-state index contributed by atoms with van der Waals surface area (Å²) in [5.74, 6) is 0. The second kappa shape index (κ2) is 13.6. The van der Waals surface area contributed by atoms with Crippen LogP contribution in [0.1, 0.15) is 44.5 Å². The van der Waals surface area contributed by atoms with Crippen LogP contribution in [0.2, 0.25) is 0 Å². The first-order chi connectivity index (χ1) is 32.3. The van der Waals surface area contributed by atoms with Crippen molar-refractivity contribution in [2.45, 2.75) is 10.8 Å². The molecule has 14 rings (SSSR count). The maximum absolute atomic E-state index is 2.55. The van der Waals surface area contributed by atoms with Gasteiger partial charge in [0, 0.05) is 16.9 Å². The molecule has 0 unspecified atom stereocenters. The zero-order valence-corrected chi connectivity index (χ0v) is 35.6. The molecule has 0 fully saturated rings. The highest BCUT2D eigenvalue weighted by atomic mass is 15.1. The zero-order valence-electron chi connectivity index (χ0n) is 35.6. The highest BCUT2D eigenvalue weighted by Gasteiger charge is 2.52. The van der Waals surface area contributed by atoms with Gasteiger partial charge in [-0.05, 0) is 124 Å². The third-order valence-electron chi connectivity index (χ3n) is 14.9. The van der Waals surface area contributed by atoms with Gasteiger partial charge in [0.25, 0.3) is 0 Å². The van der Waals surface area contributed by atoms with E-state index in [1.165, 1.54) is 99.4 Å². The van der Waals surface area contributed by atoms with Crippen LogP contribution in [0, 0.1) is 0 Å². The lowest BCUT2D eigenvalue weighted by atomic mass is 9.68. The molecular weight excluding hydrogens is 783 g/mol. The predicted molar refractivity (Wildman–Crippen MR) is 270 cm³/mol. The molecule has 0 amide bonds. The smallest absolute Gasteiger partial charge is 0.0726 e. The number of benzene rings is 11. The Morgan fingerprint density at radius 1 is 0.262 bits per heavy atom. The Balaban J connectivity index is 1.08. The number of anilines is 3. The van der Waals surface area contributed by atoms with Gasteiger partial charge >= 0.3 is 0 Å². The fourth-order valence-electron chi connectivity index (χ4n) is 12.4. The van der Waals surface area contributed by atoms with Gasteiger partial charge in [-0.25, -0.2) is 0 Å². The van der Waals surface area contributed by atoms with Crippen LogP contribution in [-0.4, -0.2) is 0 Å². The van der Waals surface area contributed by atoms with Crippen LogP contribution in [0.5, 0.6) is 0 Å². The average Bonchev–Trinajstić information content (AvgIpc) is 3.97. The first-order valence-electron chi connectivity index (χ1n) is 22.8. The molecule has 0 atom stereocenters. The molecule has 0 aromatic heterocycles. The molecule has 1 heteroatoms. The van der Waals surface area contributed by atoms with Crippen molar-refractivity contribution in [1.82, 2.24) is 0 Å². The molecule has 0 N–H and O–H groups in total. The predicted octanol–water partition coefficient (Wildman–Crippen LogP) is 16.2. The maximum atomic E-state index is 2.55. The molecule has 11 aromatic rings. The molecule has 0 aliphatic heterocycles. The van der Waals surface area contributed by atoms with Crippen LogP contribution in [0.15, 0.2) is 249 Å². The highest BCUT2D eigenvalue weighted by Crippen LogP contribution is 2.65. The molecule has 0 saturated heterocycles. The quantitative estimate of drug-likeness (QED) is 0.156. The summed E-state index contributed by atoms with van der Waals surface area (Å²) in [6, 6.07) is 93.3. The molecule has 65 heavy (non-hydrogen) atoms. The van der Waals surface area contributed by atoms with Crippen molar-refractivity contribution in [3.05, 3.63) is 293 Å². The van der Waals surface area contributed by atoms with Gasteiger partial charge < -0.3 is 4.90 Å². The molecular formula is C64H41N. The van der Waals surface area contributed by atoms with Crippen molar-refractivity contribution in [2.75, 3.05) is 4.90 Å². The molecule has 302 valence electrons. The molecule has 0 bridgehead atoms. The van der Waals surface area contributed by atoms with Crippen LogP contribution in [-0.2, 0) is 10.8 Å². The monoisotopic (exact) mass is 823 g/mol. The first kappa shape index (κ1) is 36.2. The minimum absolute atomic E-state index is 0.456. The molecule has 0 radical (unpaired) electrons. The molecule has 1 spiro atoms. The SMILES string of the molecule is c1ccc(C2(c3ccccc3)c3ccccc3-c3cc(N(c4ccc5ccc6ccccc6c5c4)c4cccc5c4-c4ccccc4C54c5ccccc5-c5ccccc54)ccc32)cc1. The van der Waals surface area contributed by atoms with Gasteiger partial charge in [0.1, 0.15) is 0 Å². The summed E-state index contributed by atoms with van der Waals surface area (Å²) in [6.45, 7) is 0. The summed E-state index contributed by atoms with van der Waals surface area (Å²) in [5, 5.41) is 4.97. The van der Waals surface area contributed by atoms with Crippen LogP contribution in [0.4, 0.5) is 17.1 Å². The van der Waals surface area contributed by atoms with E-state index in [1.54, 1.807) is 0 Å². The third kappa shape index (κ3) is 4.77. The lowest BCUT2D eigenvalue weighted by Crippen LogP contribution is -2.28. The van der Waals surface area contributed by atoms with Crippen molar-refractivity contribution in [1.29, 1.82) is 0 Å². The molecule has 3 aliphatic carbocycles. The Kier molecular flexibility index (Phi) is 7.59. The summed E-state index contributed by atoms with van der Waals surface area (Å²) in [7, 11) is 0. The first-order valence-corrected chi connectivity index (χ1v) is 22.8. The van der Waals surface area contributed by atoms with E-state index in [0.717, 1.165) is 17.1 Å². The summed E-state index contributed by atoms with van der Waals surface area (Å²) in [5.41, 5.74) is 20.7. The van der Waals surface area contributed by atoms with E-state index < -0.39 is 10.8 Å². The van der Waals surface area contributed by atoms with Gasteiger partial charge in [0.05, 0.1) is 16.5 Å². The van der Waals surface area contributed by atoms with Gasteiger partial charge in [-0.3, -0.25) is 0 Å². The van der Waals surface area contributed by atoms with E-state index in [4.69, 9.17) is 0 Å². The standard InChI is InChI=1S/C64H41N/c1-3-19-44(20-4-1)63(45-21-5-2-6-22-45)55-28-13-11-26-51(55)54-41-47(38-39-59(54)63)65(46-37-36-43-35-34-42-18-7-8-23-48(42)53(43)40-46)61-33-17-32-60-62(61)52-27-12-16-31-58(52)64(60)56-29-14-9-24-49(56)50-25-10-15-30-57(50)64/h1-41H. The second-order valence-electron chi connectivity index (χ2n) is 17.9. The Morgan fingerprint density at radius 3 is 1.37 bits per heavy atom. The van der Waals surface area contributed by atoms with Crippen molar-refractivity contribution < 1.29 is 0 Å². The van der Waals surface area contributed by atoms with Gasteiger partial charge in [0.2, 0.25) is 0 Å². The van der Waals surface area contributed by atoms with Gasteiger partial charge in [-0.2, -0.15) is 0 Å². The largest absolute Gasteiger partial charge is 0.310 e. The molecule has 0 saturated carbocycles. The molecule has 0 heterocycles. The number of nitrogens with zero attached hydrogens (tertiary/aromatic N) is 1. The number of hydrogen-bond donors (Lipinski definition) is 0. The van der Waals surface area contributed by atoms with E-state index >= 15 is 0 Å². The normalized spacial score (nSPS) is 14.1. The number of hydrogen-bond acceptors (Lipinski definition) is 1. The van der Waals surface area contributed by atoms with Gasteiger partial charge in [0.15, 0.2) is 0 Å². The zero-order chi connectivity index (χ0) is 42.7. The minimum atomic E-state index is -0.484. The number of rotatable bonds is 5. The topological polar surface area (TPSA) is 3.24 Å². The third-order valence-corrected chi connectivity index (χ3v) is 14.9. The van der Waals surface area contributed by atoms with Crippen LogP contribution >= 0.6 is 0 Å². The van der Waals surface area contributed by atoms with E-state index in [-0.39, 0.29) is 0 Å². The summed E-state index contributed by atoms with van der Waals surface area (Å²) < 4.78 is 0. The van der Waals surface area contributed by atoms with Gasteiger partial charge in [-0.1, -0.05) is 218 Å². The van der Waals surface area contributed by atoms with Crippen LogP contribution in [0.25, 0.3) is 54.9 Å². The Hall–Kier alpha value is -8.26. The van der Waals surface area contributed by atoms with Crippen molar-refractivity contribution in [3.63, 3.8) is 0 Å². The number of fused-ring (bicyclic) bond motifs is 16. The maximum Gasteiger partial charge on any atom is 0.0726 e. The fourth-order valence-corrected chi connectivity index (χ4v) is 12.4. The summed E-state index contributed by atoms with van der Waals surface area (Å²) in [4.78, 5) is 2.55. The van der Waals surface area contributed by atoms with E-state index in [0.29, 0.717) is 0 Å².